The Morgan fingerprint density at radius 2 is 1.88 bits per heavy atom. The summed E-state index contributed by atoms with van der Waals surface area (Å²) in [5.74, 6) is 0.177. The minimum Gasteiger partial charge on any atom is -0.497 e. The van der Waals surface area contributed by atoms with E-state index >= 15 is 0 Å². The number of ether oxygens (including phenoxy) is 1. The number of hydrogen-bond donors (Lipinski definition) is 3. The molecule has 0 aliphatic heterocycles. The first-order chi connectivity index (χ1) is 8.11. The maximum Gasteiger partial charge on any atom is 0.315 e. The van der Waals surface area contributed by atoms with Gasteiger partial charge in [0.15, 0.2) is 0 Å². The van der Waals surface area contributed by atoms with Crippen LogP contribution in [0.4, 0.5) is 4.79 Å². The number of methoxy groups -OCH3 is 1. The molecule has 0 unspecified atom stereocenters. The van der Waals surface area contributed by atoms with Gasteiger partial charge < -0.3 is 21.1 Å². The number of hydrogen-bond acceptors (Lipinski definition) is 3. The van der Waals surface area contributed by atoms with Crippen LogP contribution < -0.4 is 21.1 Å². The van der Waals surface area contributed by atoms with Gasteiger partial charge in [-0.25, -0.2) is 4.79 Å². The molecule has 0 fully saturated rings. The van der Waals surface area contributed by atoms with Crippen molar-refractivity contribution in [2.24, 2.45) is 5.73 Å². The van der Waals surface area contributed by atoms with Crippen LogP contribution in [0.5, 0.6) is 5.75 Å². The Morgan fingerprint density at radius 1 is 1.24 bits per heavy atom. The van der Waals surface area contributed by atoms with Crippen molar-refractivity contribution in [2.75, 3.05) is 13.7 Å². The first kappa shape index (κ1) is 12.8. The van der Waals surface area contributed by atoms with E-state index in [2.05, 4.69) is 10.6 Å². The quantitative estimate of drug-likeness (QED) is 0.671. The number of urea groups is 1. The first-order valence-corrected chi connectivity index (χ1v) is 5.04. The normalized spacial score (nSPS) is 9.47. The molecule has 0 saturated heterocycles. The van der Waals surface area contributed by atoms with Gasteiger partial charge in [-0.3, -0.25) is 4.79 Å². The Balaban J connectivity index is 2.34. The molecule has 0 atom stereocenters. The number of rotatable bonds is 5. The summed E-state index contributed by atoms with van der Waals surface area (Å²) >= 11 is 0. The number of primary amides is 1. The van der Waals surface area contributed by atoms with E-state index in [1.54, 1.807) is 19.2 Å². The Kier molecular flexibility index (Phi) is 4.80. The van der Waals surface area contributed by atoms with E-state index in [-0.39, 0.29) is 6.54 Å². The predicted octanol–water partition coefficient (Wildman–Crippen LogP) is -0.0203. The fourth-order valence-electron chi connectivity index (χ4n) is 1.16. The molecule has 92 valence electrons. The highest BCUT2D eigenvalue weighted by molar-refractivity contribution is 5.82. The van der Waals surface area contributed by atoms with E-state index in [0.29, 0.717) is 6.54 Å². The Hall–Kier alpha value is -2.24. The van der Waals surface area contributed by atoms with Gasteiger partial charge in [0.1, 0.15) is 5.75 Å². The molecule has 3 amide bonds. The number of benzene rings is 1. The lowest BCUT2D eigenvalue weighted by Crippen LogP contribution is -2.39. The van der Waals surface area contributed by atoms with Gasteiger partial charge in [-0.05, 0) is 17.7 Å². The number of nitrogens with two attached hydrogens (primary N) is 1. The molecule has 0 aromatic heterocycles. The van der Waals surface area contributed by atoms with Crippen molar-refractivity contribution in [3.05, 3.63) is 29.8 Å². The zero-order valence-electron chi connectivity index (χ0n) is 9.53. The molecule has 0 heterocycles. The van der Waals surface area contributed by atoms with E-state index in [1.165, 1.54) is 0 Å². The highest BCUT2D eigenvalue weighted by atomic mass is 16.5. The van der Waals surface area contributed by atoms with E-state index < -0.39 is 11.9 Å². The maximum atomic E-state index is 11.2. The third-order valence-electron chi connectivity index (χ3n) is 2.04. The van der Waals surface area contributed by atoms with Gasteiger partial charge in [-0.15, -0.1) is 0 Å². The van der Waals surface area contributed by atoms with E-state index in [9.17, 15) is 9.59 Å². The van der Waals surface area contributed by atoms with Crippen LogP contribution in [-0.4, -0.2) is 25.6 Å². The van der Waals surface area contributed by atoms with Crippen molar-refractivity contribution in [1.82, 2.24) is 10.6 Å². The van der Waals surface area contributed by atoms with Gasteiger partial charge >= 0.3 is 6.03 Å². The van der Waals surface area contributed by atoms with E-state index in [1.807, 2.05) is 12.1 Å². The molecule has 1 aromatic rings. The van der Waals surface area contributed by atoms with Gasteiger partial charge in [-0.2, -0.15) is 0 Å². The number of amides is 3. The summed E-state index contributed by atoms with van der Waals surface area (Å²) in [7, 11) is 1.59. The van der Waals surface area contributed by atoms with Crippen molar-refractivity contribution in [2.45, 2.75) is 6.54 Å². The van der Waals surface area contributed by atoms with Gasteiger partial charge in [0.05, 0.1) is 13.7 Å². The second-order valence-electron chi connectivity index (χ2n) is 3.35. The lowest BCUT2D eigenvalue weighted by Gasteiger charge is -2.06. The standard InChI is InChI=1S/C11H15N3O3/c1-17-9-4-2-8(3-5-9)6-13-11(16)14-7-10(12)15/h2-5H,6-7H2,1H3,(H2,12,15)(H2,13,14,16). The smallest absolute Gasteiger partial charge is 0.315 e. The first-order valence-electron chi connectivity index (χ1n) is 5.04. The molecule has 1 aromatic carbocycles. The molecule has 0 bridgehead atoms. The van der Waals surface area contributed by atoms with E-state index in [0.717, 1.165) is 11.3 Å². The summed E-state index contributed by atoms with van der Waals surface area (Å²) in [5.41, 5.74) is 5.82. The molecule has 4 N–H and O–H groups in total. The third-order valence-corrected chi connectivity index (χ3v) is 2.04. The lowest BCUT2D eigenvalue weighted by molar-refractivity contribution is -0.117. The SMILES string of the molecule is COc1ccc(CNC(=O)NCC(N)=O)cc1. The topological polar surface area (TPSA) is 93.4 Å². The van der Waals surface area contributed by atoms with Crippen LogP contribution >= 0.6 is 0 Å². The molecule has 17 heavy (non-hydrogen) atoms. The zero-order chi connectivity index (χ0) is 12.7. The van der Waals surface area contributed by atoms with Crippen LogP contribution in [0.3, 0.4) is 0 Å². The molecule has 6 nitrogen and oxygen atoms in total. The molecular formula is C11H15N3O3. The molecule has 0 aliphatic rings. The van der Waals surface area contributed by atoms with Crippen molar-refractivity contribution in [3.63, 3.8) is 0 Å². The Morgan fingerprint density at radius 3 is 2.41 bits per heavy atom. The molecular weight excluding hydrogens is 222 g/mol. The van der Waals surface area contributed by atoms with Crippen LogP contribution in [-0.2, 0) is 11.3 Å². The maximum absolute atomic E-state index is 11.2. The third kappa shape index (κ3) is 4.87. The molecule has 0 saturated carbocycles. The molecule has 0 aliphatic carbocycles. The summed E-state index contributed by atoms with van der Waals surface area (Å²) in [4.78, 5) is 21.6. The summed E-state index contributed by atoms with van der Waals surface area (Å²) in [6, 6.07) is 6.86. The summed E-state index contributed by atoms with van der Waals surface area (Å²) in [6.07, 6.45) is 0. The van der Waals surface area contributed by atoms with Gasteiger partial charge in [0.25, 0.3) is 0 Å². The van der Waals surface area contributed by atoms with Crippen molar-refractivity contribution < 1.29 is 14.3 Å². The fraction of sp³-hybridized carbons (Fsp3) is 0.273. The fourth-order valence-corrected chi connectivity index (χ4v) is 1.16. The van der Waals surface area contributed by atoms with Crippen molar-refractivity contribution in [3.8, 4) is 5.75 Å². The van der Waals surface area contributed by atoms with Gasteiger partial charge in [-0.1, -0.05) is 12.1 Å². The van der Waals surface area contributed by atoms with E-state index in [4.69, 9.17) is 10.5 Å². The molecule has 0 radical (unpaired) electrons. The molecule has 1 rings (SSSR count). The largest absolute Gasteiger partial charge is 0.497 e. The Labute approximate surface area is 99.1 Å². The monoisotopic (exact) mass is 237 g/mol. The average Bonchev–Trinajstić information content (AvgIpc) is 2.34. The van der Waals surface area contributed by atoms with Crippen LogP contribution in [0.1, 0.15) is 5.56 Å². The minimum absolute atomic E-state index is 0.172. The van der Waals surface area contributed by atoms with Crippen LogP contribution in [0, 0.1) is 0 Å². The molecule has 0 spiro atoms. The Bertz CT molecular complexity index is 389. The number of carbonyl (C=O) groups excluding carboxylic acids is 2. The average molecular weight is 237 g/mol. The lowest BCUT2D eigenvalue weighted by atomic mass is 10.2. The van der Waals surface area contributed by atoms with Gasteiger partial charge in [0, 0.05) is 6.54 Å². The highest BCUT2D eigenvalue weighted by Gasteiger charge is 2.01. The summed E-state index contributed by atoms with van der Waals surface area (Å²) < 4.78 is 5.01. The zero-order valence-corrected chi connectivity index (χ0v) is 9.53. The number of nitrogens with one attached hydrogen (secondary N) is 2. The predicted molar refractivity (Wildman–Crippen MR) is 62.4 cm³/mol. The van der Waals surface area contributed by atoms with Crippen LogP contribution in [0.2, 0.25) is 0 Å². The van der Waals surface area contributed by atoms with Crippen molar-refractivity contribution >= 4 is 11.9 Å². The van der Waals surface area contributed by atoms with Crippen LogP contribution in [0.15, 0.2) is 24.3 Å². The van der Waals surface area contributed by atoms with Gasteiger partial charge in [0.2, 0.25) is 5.91 Å². The number of carbonyl (C=O) groups is 2. The van der Waals surface area contributed by atoms with Crippen LogP contribution in [0.25, 0.3) is 0 Å². The second kappa shape index (κ2) is 6.37. The summed E-state index contributed by atoms with van der Waals surface area (Å²) in [5, 5.41) is 4.92. The summed E-state index contributed by atoms with van der Waals surface area (Å²) in [6.45, 7) is 0.197. The highest BCUT2D eigenvalue weighted by Crippen LogP contribution is 2.10. The molecule has 6 heteroatoms. The van der Waals surface area contributed by atoms with Crippen molar-refractivity contribution in [1.29, 1.82) is 0 Å². The second-order valence-corrected chi connectivity index (χ2v) is 3.35. The minimum atomic E-state index is -0.579.